The van der Waals surface area contributed by atoms with Gasteiger partial charge in [0.15, 0.2) is 11.1 Å². The third-order valence-electron chi connectivity index (χ3n) is 7.57. The highest BCUT2D eigenvalue weighted by atomic mass is 16.6. The molecule has 2 fully saturated rings. The molecule has 0 radical (unpaired) electrons. The van der Waals surface area contributed by atoms with Gasteiger partial charge in [0, 0.05) is 30.2 Å². The van der Waals surface area contributed by atoms with Crippen molar-refractivity contribution in [1.82, 2.24) is 14.5 Å². The summed E-state index contributed by atoms with van der Waals surface area (Å²) in [7, 11) is 0. The lowest BCUT2D eigenvalue weighted by atomic mass is 9.95. The second kappa shape index (κ2) is 8.87. The first-order chi connectivity index (χ1) is 18.6. The van der Waals surface area contributed by atoms with Crippen LogP contribution < -0.4 is 11.3 Å². The third kappa shape index (κ3) is 4.30. The summed E-state index contributed by atoms with van der Waals surface area (Å²) in [6, 6.07) is 11.6. The highest BCUT2D eigenvalue weighted by Crippen LogP contribution is 2.41. The number of rotatable bonds is 3. The van der Waals surface area contributed by atoms with E-state index in [1.807, 2.05) is 50.5 Å². The zero-order valence-electron chi connectivity index (χ0n) is 22.6. The van der Waals surface area contributed by atoms with Crippen molar-refractivity contribution in [2.24, 2.45) is 0 Å². The van der Waals surface area contributed by atoms with Crippen LogP contribution in [0.3, 0.4) is 0 Å². The van der Waals surface area contributed by atoms with Crippen LogP contribution in [-0.2, 0) is 4.74 Å². The topological polar surface area (TPSA) is 127 Å². The molecule has 1 atom stereocenters. The van der Waals surface area contributed by atoms with Crippen molar-refractivity contribution in [3.63, 3.8) is 0 Å². The maximum atomic E-state index is 13.8. The second-order valence-corrected chi connectivity index (χ2v) is 11.6. The first-order valence-corrected chi connectivity index (χ1v) is 13.3. The lowest BCUT2D eigenvalue weighted by Gasteiger charge is -2.24. The summed E-state index contributed by atoms with van der Waals surface area (Å²) in [5.74, 6) is 0.357. The number of nitrogens with two attached hydrogens (primary N) is 1. The number of oxazole rings is 1. The average molecular weight is 526 g/mol. The molecule has 1 saturated carbocycles. The molecule has 0 unspecified atom stereocenters. The van der Waals surface area contributed by atoms with Gasteiger partial charge in [0.25, 0.3) is 5.56 Å². The largest absolute Gasteiger partial charge is 0.444 e. The van der Waals surface area contributed by atoms with Crippen molar-refractivity contribution in [3.8, 4) is 17.2 Å². The molecule has 0 spiro atoms. The number of fused-ring (bicyclic) bond motifs is 3. The summed E-state index contributed by atoms with van der Waals surface area (Å²) in [6.45, 7) is 8.50. The number of pyridine rings is 1. The highest BCUT2D eigenvalue weighted by Gasteiger charge is 2.35. The number of benzene rings is 2. The number of anilines is 1. The molecule has 2 aromatic carbocycles. The Balaban J connectivity index is 1.45. The van der Waals surface area contributed by atoms with Crippen LogP contribution in [0.15, 0.2) is 39.5 Å². The molecule has 9 heteroatoms. The summed E-state index contributed by atoms with van der Waals surface area (Å²) in [6.07, 6.45) is 2.20. The van der Waals surface area contributed by atoms with Crippen molar-refractivity contribution in [3.05, 3.63) is 57.7 Å². The van der Waals surface area contributed by atoms with Gasteiger partial charge in [-0.25, -0.2) is 9.78 Å². The molecule has 2 aromatic heterocycles. The van der Waals surface area contributed by atoms with E-state index in [-0.39, 0.29) is 23.6 Å². The summed E-state index contributed by atoms with van der Waals surface area (Å²) < 4.78 is 13.7. The number of carbonyl (C=O) groups excluding carboxylic acids is 1. The minimum atomic E-state index is -0.571. The summed E-state index contributed by atoms with van der Waals surface area (Å²) in [4.78, 5) is 32.8. The van der Waals surface area contributed by atoms with Gasteiger partial charge in [0.1, 0.15) is 11.7 Å². The molecule has 200 valence electrons. The van der Waals surface area contributed by atoms with Crippen molar-refractivity contribution in [2.75, 3.05) is 18.8 Å². The van der Waals surface area contributed by atoms with Crippen molar-refractivity contribution in [1.29, 1.82) is 5.26 Å². The van der Waals surface area contributed by atoms with E-state index in [4.69, 9.17) is 19.9 Å². The van der Waals surface area contributed by atoms with E-state index in [1.165, 1.54) is 0 Å². The van der Waals surface area contributed by atoms with Crippen LogP contribution in [0.5, 0.6) is 0 Å². The number of nitrogen functional groups attached to an aromatic ring is 1. The summed E-state index contributed by atoms with van der Waals surface area (Å²) >= 11 is 0. The highest BCUT2D eigenvalue weighted by molar-refractivity contribution is 6.04. The molecular formula is C30H31N5O4. The molecule has 2 N–H and O–H groups in total. The van der Waals surface area contributed by atoms with Crippen molar-refractivity contribution in [2.45, 2.75) is 64.5 Å². The number of nitrogens with zero attached hydrogens (tertiary/aromatic N) is 4. The molecule has 1 amide bonds. The maximum absolute atomic E-state index is 13.8. The average Bonchev–Trinajstić information content (AvgIpc) is 3.40. The van der Waals surface area contributed by atoms with Gasteiger partial charge in [-0.1, -0.05) is 12.1 Å². The monoisotopic (exact) mass is 525 g/mol. The van der Waals surface area contributed by atoms with E-state index >= 15 is 0 Å². The van der Waals surface area contributed by atoms with Gasteiger partial charge >= 0.3 is 6.09 Å². The van der Waals surface area contributed by atoms with E-state index in [9.17, 15) is 14.9 Å². The van der Waals surface area contributed by atoms with Crippen LogP contribution in [0.25, 0.3) is 33.1 Å². The predicted octanol–water partition coefficient (Wildman–Crippen LogP) is 5.63. The molecule has 0 bridgehead atoms. The predicted molar refractivity (Wildman–Crippen MR) is 149 cm³/mol. The second-order valence-electron chi connectivity index (χ2n) is 11.6. The number of ether oxygens (including phenoxy) is 1. The number of likely N-dealkylation sites (tertiary alicyclic amines) is 1. The van der Waals surface area contributed by atoms with E-state index in [0.29, 0.717) is 47.8 Å². The summed E-state index contributed by atoms with van der Waals surface area (Å²) in [5, 5.41) is 10.3. The Labute approximate surface area is 225 Å². The van der Waals surface area contributed by atoms with Gasteiger partial charge in [-0.15, -0.1) is 0 Å². The fourth-order valence-electron chi connectivity index (χ4n) is 5.52. The van der Waals surface area contributed by atoms with Crippen molar-refractivity contribution < 1.29 is 13.9 Å². The molecule has 6 rings (SSSR count). The van der Waals surface area contributed by atoms with Crippen LogP contribution in [0.4, 0.5) is 10.5 Å². The zero-order chi connectivity index (χ0) is 27.6. The van der Waals surface area contributed by atoms with Crippen LogP contribution >= 0.6 is 0 Å². The van der Waals surface area contributed by atoms with Crippen molar-refractivity contribution >= 4 is 33.8 Å². The first kappa shape index (κ1) is 25.0. The molecule has 1 aliphatic carbocycles. The lowest BCUT2D eigenvalue weighted by Crippen LogP contribution is -2.35. The molecule has 9 nitrogen and oxygen atoms in total. The normalized spacial score (nSPS) is 17.6. The van der Waals surface area contributed by atoms with E-state index in [1.54, 1.807) is 17.0 Å². The Morgan fingerprint density at radius 3 is 2.67 bits per heavy atom. The van der Waals surface area contributed by atoms with Crippen LogP contribution in [-0.4, -0.2) is 39.2 Å². The molecule has 2 aliphatic rings. The quantitative estimate of drug-likeness (QED) is 0.343. The standard InChI is InChI=1S/C30H31N5O4/c1-16-21(17-5-10-23(32)19(13-17)14-31)8-9-22-25(16)35(20-6-7-20)28(36)24-26(22)38-27(33-24)18-11-12-34(15-18)29(37)39-30(2,3)4/h5,8-10,13,18,20H,6-7,11-12,15,32H2,1-4H3/t18-/m0/s1. The minimum Gasteiger partial charge on any atom is -0.444 e. The van der Waals surface area contributed by atoms with Gasteiger partial charge in [-0.2, -0.15) is 5.26 Å². The fraction of sp³-hybridized carbons (Fsp3) is 0.400. The number of aryl methyl sites for hydroxylation is 1. The molecule has 1 aliphatic heterocycles. The van der Waals surface area contributed by atoms with Gasteiger partial charge in [-0.05, 0) is 81.8 Å². The maximum Gasteiger partial charge on any atom is 0.410 e. The third-order valence-corrected chi connectivity index (χ3v) is 7.57. The van der Waals surface area contributed by atoms with Gasteiger partial charge in [0.05, 0.1) is 17.0 Å². The zero-order valence-corrected chi connectivity index (χ0v) is 22.6. The van der Waals surface area contributed by atoms with Crippen LogP contribution in [0.1, 0.15) is 69.0 Å². The van der Waals surface area contributed by atoms with E-state index < -0.39 is 5.60 Å². The Morgan fingerprint density at radius 2 is 1.97 bits per heavy atom. The first-order valence-electron chi connectivity index (χ1n) is 13.3. The summed E-state index contributed by atoms with van der Waals surface area (Å²) in [5.41, 5.74) is 10.4. The number of aromatic nitrogens is 2. The molecule has 4 aromatic rings. The Hall–Kier alpha value is -4.32. The Bertz CT molecular complexity index is 1750. The Morgan fingerprint density at radius 1 is 1.21 bits per heavy atom. The lowest BCUT2D eigenvalue weighted by molar-refractivity contribution is 0.0291. The van der Waals surface area contributed by atoms with Crippen LogP contribution in [0, 0.1) is 18.3 Å². The number of amides is 1. The van der Waals surface area contributed by atoms with Gasteiger partial charge in [0.2, 0.25) is 5.89 Å². The molecule has 39 heavy (non-hydrogen) atoms. The minimum absolute atomic E-state index is 0.117. The van der Waals surface area contributed by atoms with Gasteiger partial charge in [-0.3, -0.25) is 4.79 Å². The fourth-order valence-corrected chi connectivity index (χ4v) is 5.52. The number of hydrogen-bond acceptors (Lipinski definition) is 7. The number of nitriles is 1. The van der Waals surface area contributed by atoms with Crippen LogP contribution in [0.2, 0.25) is 0 Å². The van der Waals surface area contributed by atoms with E-state index in [0.717, 1.165) is 40.4 Å². The molecule has 3 heterocycles. The Kier molecular flexibility index (Phi) is 5.68. The number of carbonyl (C=O) groups is 1. The molecule has 1 saturated heterocycles. The number of hydrogen-bond donors (Lipinski definition) is 1. The van der Waals surface area contributed by atoms with Gasteiger partial charge < -0.3 is 24.4 Å². The van der Waals surface area contributed by atoms with E-state index in [2.05, 4.69) is 6.07 Å². The SMILES string of the molecule is Cc1c(-c2ccc(N)c(C#N)c2)ccc2c3oc([C@H]4CCN(C(=O)OC(C)(C)C)C4)nc3c(=O)n(C3CC3)c12. The smallest absolute Gasteiger partial charge is 0.410 e. The molecular weight excluding hydrogens is 494 g/mol.